The molecule has 8 heteroatoms. The Bertz CT molecular complexity index is 1230. The second-order valence-corrected chi connectivity index (χ2v) is 9.39. The molecule has 0 fully saturated rings. The number of benzene rings is 3. The van der Waals surface area contributed by atoms with Gasteiger partial charge >= 0.3 is 0 Å². The molecule has 0 unspecified atom stereocenters. The summed E-state index contributed by atoms with van der Waals surface area (Å²) in [5.74, 6) is -0.489. The van der Waals surface area contributed by atoms with Gasteiger partial charge in [-0.25, -0.2) is 12.8 Å². The molecule has 3 aromatic carbocycles. The van der Waals surface area contributed by atoms with Crippen LogP contribution in [0.4, 0.5) is 10.1 Å². The number of sulfonamides is 1. The fourth-order valence-electron chi connectivity index (χ4n) is 3.35. The van der Waals surface area contributed by atoms with Crippen LogP contribution < -0.4 is 14.8 Å². The molecule has 3 rings (SSSR count). The lowest BCUT2D eigenvalue weighted by Gasteiger charge is -2.20. The number of nitrogens with one attached hydrogen (secondary N) is 2. The first-order valence-corrected chi connectivity index (χ1v) is 12.0. The van der Waals surface area contributed by atoms with Crippen molar-refractivity contribution in [3.8, 4) is 5.75 Å². The lowest BCUT2D eigenvalue weighted by Crippen LogP contribution is -2.45. The lowest BCUT2D eigenvalue weighted by atomic mass is 10.1. The van der Waals surface area contributed by atoms with Crippen molar-refractivity contribution < 1.29 is 22.3 Å². The van der Waals surface area contributed by atoms with Crippen LogP contribution in [0.5, 0.6) is 5.75 Å². The Morgan fingerprint density at radius 1 is 1.00 bits per heavy atom. The summed E-state index contributed by atoms with van der Waals surface area (Å²) in [5, 5.41) is 2.66. The van der Waals surface area contributed by atoms with Gasteiger partial charge in [0.05, 0.1) is 11.5 Å². The van der Waals surface area contributed by atoms with E-state index in [1.807, 2.05) is 37.3 Å². The number of carbonyl (C=O) groups excluding carboxylic acids is 1. The predicted octanol–water partition coefficient (Wildman–Crippen LogP) is 4.37. The third-order valence-corrected chi connectivity index (χ3v) is 6.58. The van der Waals surface area contributed by atoms with E-state index in [-0.39, 0.29) is 17.0 Å². The monoisotopic (exact) mass is 470 g/mol. The van der Waals surface area contributed by atoms with Gasteiger partial charge in [-0.15, -0.1) is 0 Å². The number of anilines is 1. The van der Waals surface area contributed by atoms with Crippen LogP contribution in [0.2, 0.25) is 0 Å². The second kappa shape index (κ2) is 10.6. The van der Waals surface area contributed by atoms with Crippen LogP contribution in [-0.2, 0) is 21.2 Å². The van der Waals surface area contributed by atoms with Gasteiger partial charge in [-0.2, -0.15) is 4.72 Å². The zero-order valence-electron chi connectivity index (χ0n) is 18.8. The molecule has 174 valence electrons. The zero-order chi connectivity index (χ0) is 24.0. The van der Waals surface area contributed by atoms with E-state index in [1.165, 1.54) is 24.3 Å². The third kappa shape index (κ3) is 6.40. The molecular weight excluding hydrogens is 443 g/mol. The summed E-state index contributed by atoms with van der Waals surface area (Å²) < 4.78 is 48.0. The summed E-state index contributed by atoms with van der Waals surface area (Å²) in [7, 11) is -4.03. The highest BCUT2D eigenvalue weighted by Gasteiger charge is 2.27. The molecule has 2 N–H and O–H groups in total. The van der Waals surface area contributed by atoms with Crippen LogP contribution in [-0.4, -0.2) is 27.0 Å². The molecule has 1 atom stereocenters. The van der Waals surface area contributed by atoms with Crippen molar-refractivity contribution in [2.45, 2.75) is 38.1 Å². The summed E-state index contributed by atoms with van der Waals surface area (Å²) in [6, 6.07) is 16.5. The topological polar surface area (TPSA) is 84.5 Å². The van der Waals surface area contributed by atoms with E-state index < -0.39 is 27.8 Å². The number of hydrogen-bond acceptors (Lipinski definition) is 4. The number of rotatable bonds is 9. The molecule has 0 radical (unpaired) electrons. The molecule has 6 nitrogen and oxygen atoms in total. The SMILES string of the molecule is CCOc1ccc(S(=O)(=O)N[C@H](Cc2ccccc2)C(=O)Nc2cc(F)ccc2C)cc1C. The third-order valence-electron chi connectivity index (χ3n) is 5.11. The highest BCUT2D eigenvalue weighted by Crippen LogP contribution is 2.23. The minimum Gasteiger partial charge on any atom is -0.494 e. The van der Waals surface area contributed by atoms with Gasteiger partial charge in [-0.1, -0.05) is 36.4 Å². The first-order chi connectivity index (χ1) is 15.7. The van der Waals surface area contributed by atoms with E-state index in [1.54, 1.807) is 26.0 Å². The smallest absolute Gasteiger partial charge is 0.242 e. The van der Waals surface area contributed by atoms with Crippen molar-refractivity contribution in [1.82, 2.24) is 4.72 Å². The molecule has 0 aromatic heterocycles. The van der Waals surface area contributed by atoms with Crippen LogP contribution in [0.3, 0.4) is 0 Å². The van der Waals surface area contributed by atoms with Crippen LogP contribution in [0.15, 0.2) is 71.6 Å². The molecular formula is C25H27FN2O4S. The number of amides is 1. The normalized spacial score (nSPS) is 12.2. The molecule has 33 heavy (non-hydrogen) atoms. The zero-order valence-corrected chi connectivity index (χ0v) is 19.6. The van der Waals surface area contributed by atoms with Crippen LogP contribution in [0, 0.1) is 19.7 Å². The van der Waals surface area contributed by atoms with Gasteiger partial charge in [0.25, 0.3) is 0 Å². The molecule has 0 saturated carbocycles. The number of hydrogen-bond donors (Lipinski definition) is 2. The summed E-state index contributed by atoms with van der Waals surface area (Å²) in [6.07, 6.45) is 0.121. The molecule has 0 aliphatic carbocycles. The molecule has 1 amide bonds. The highest BCUT2D eigenvalue weighted by molar-refractivity contribution is 7.89. The maximum absolute atomic E-state index is 13.7. The van der Waals surface area contributed by atoms with E-state index in [0.29, 0.717) is 23.5 Å². The Labute approximate surface area is 193 Å². The molecule has 3 aromatic rings. The molecule has 0 spiro atoms. The van der Waals surface area contributed by atoms with Crippen molar-refractivity contribution in [2.24, 2.45) is 0 Å². The average Bonchev–Trinajstić information content (AvgIpc) is 2.78. The Hall–Kier alpha value is -3.23. The van der Waals surface area contributed by atoms with Crippen LogP contribution in [0.25, 0.3) is 0 Å². The summed E-state index contributed by atoms with van der Waals surface area (Å²) in [4.78, 5) is 13.1. The summed E-state index contributed by atoms with van der Waals surface area (Å²) in [5.41, 5.74) is 2.39. The lowest BCUT2D eigenvalue weighted by molar-refractivity contribution is -0.117. The predicted molar refractivity (Wildman–Crippen MR) is 126 cm³/mol. The maximum atomic E-state index is 13.7. The van der Waals surface area contributed by atoms with Crippen molar-refractivity contribution in [3.05, 3.63) is 89.2 Å². The standard InChI is InChI=1S/C25H27FN2O4S/c1-4-32-24-13-12-21(14-18(24)3)33(30,31)28-23(15-19-8-6-5-7-9-19)25(29)27-22-16-20(26)11-10-17(22)2/h5-14,16,23,28H,4,15H2,1-3H3,(H,27,29)/t23-/m1/s1. The molecule has 0 bridgehead atoms. The molecule has 0 aliphatic rings. The minimum atomic E-state index is -4.03. The highest BCUT2D eigenvalue weighted by atomic mass is 32.2. The Balaban J connectivity index is 1.89. The number of halogens is 1. The first kappa shape index (κ1) is 24.4. The van der Waals surface area contributed by atoms with Crippen LogP contribution in [0.1, 0.15) is 23.6 Å². The Kier molecular flexibility index (Phi) is 7.84. The number of carbonyl (C=O) groups is 1. The van der Waals surface area contributed by atoms with Crippen molar-refractivity contribution in [1.29, 1.82) is 0 Å². The van der Waals surface area contributed by atoms with Gasteiger partial charge in [0.15, 0.2) is 0 Å². The summed E-state index contributed by atoms with van der Waals surface area (Å²) in [6.45, 7) is 5.79. The fraction of sp³-hybridized carbons (Fsp3) is 0.240. The van der Waals surface area contributed by atoms with Crippen LogP contribution >= 0.6 is 0 Å². The Morgan fingerprint density at radius 3 is 2.39 bits per heavy atom. The minimum absolute atomic E-state index is 0.0243. The fourth-order valence-corrected chi connectivity index (χ4v) is 4.63. The summed E-state index contributed by atoms with van der Waals surface area (Å²) >= 11 is 0. The van der Waals surface area contributed by atoms with Crippen molar-refractivity contribution in [2.75, 3.05) is 11.9 Å². The number of aryl methyl sites for hydroxylation is 2. The van der Waals surface area contributed by atoms with E-state index in [4.69, 9.17) is 4.74 Å². The molecule has 0 heterocycles. The van der Waals surface area contributed by atoms with Gasteiger partial charge in [0, 0.05) is 5.69 Å². The molecule has 0 aliphatic heterocycles. The molecule has 0 saturated heterocycles. The van der Waals surface area contributed by atoms with Gasteiger partial charge in [0.2, 0.25) is 15.9 Å². The van der Waals surface area contributed by atoms with Gasteiger partial charge in [-0.05, 0) is 74.2 Å². The number of ether oxygens (including phenoxy) is 1. The van der Waals surface area contributed by atoms with E-state index in [0.717, 1.165) is 5.56 Å². The van der Waals surface area contributed by atoms with Gasteiger partial charge in [-0.3, -0.25) is 4.79 Å². The quantitative estimate of drug-likeness (QED) is 0.486. The van der Waals surface area contributed by atoms with Crippen molar-refractivity contribution >= 4 is 21.6 Å². The van der Waals surface area contributed by atoms with E-state index in [2.05, 4.69) is 10.0 Å². The second-order valence-electron chi connectivity index (χ2n) is 7.67. The average molecular weight is 471 g/mol. The van der Waals surface area contributed by atoms with Crippen molar-refractivity contribution in [3.63, 3.8) is 0 Å². The van der Waals surface area contributed by atoms with Gasteiger partial charge in [0.1, 0.15) is 17.6 Å². The Morgan fingerprint density at radius 2 is 1.73 bits per heavy atom. The van der Waals surface area contributed by atoms with Gasteiger partial charge < -0.3 is 10.1 Å². The largest absolute Gasteiger partial charge is 0.494 e. The first-order valence-electron chi connectivity index (χ1n) is 10.6. The van der Waals surface area contributed by atoms with E-state index in [9.17, 15) is 17.6 Å². The van der Waals surface area contributed by atoms with E-state index >= 15 is 0 Å². The maximum Gasteiger partial charge on any atom is 0.242 e.